The molecule has 21 heavy (non-hydrogen) atoms. The zero-order valence-electron chi connectivity index (χ0n) is 10.1. The molecule has 0 aliphatic carbocycles. The Hall–Kier alpha value is -3.50. The predicted octanol–water partition coefficient (Wildman–Crippen LogP) is -0.0433. The van der Waals surface area contributed by atoms with Gasteiger partial charge in [-0.05, 0) is 0 Å². The monoisotopic (exact) mass is 293 g/mol. The van der Waals surface area contributed by atoms with Crippen LogP contribution in [0.3, 0.4) is 0 Å². The number of amides is 1. The number of hydrogen-bond donors (Lipinski definition) is 4. The van der Waals surface area contributed by atoms with Crippen molar-refractivity contribution < 1.29 is 19.6 Å². The van der Waals surface area contributed by atoms with Crippen LogP contribution < -0.4 is 10.9 Å². The number of H-pyrrole nitrogens is 2. The van der Waals surface area contributed by atoms with E-state index in [1.165, 1.54) is 0 Å². The maximum atomic E-state index is 11.8. The minimum absolute atomic E-state index is 0.136. The van der Waals surface area contributed by atoms with Crippen LogP contribution in [0, 0.1) is 10.1 Å². The lowest BCUT2D eigenvalue weighted by atomic mass is 10.2. The summed E-state index contributed by atoms with van der Waals surface area (Å²) in [5.74, 6) is -2.37. The van der Waals surface area contributed by atoms with E-state index < -0.39 is 33.6 Å². The first-order valence-corrected chi connectivity index (χ1v) is 5.35. The van der Waals surface area contributed by atoms with Gasteiger partial charge in [0.1, 0.15) is 11.3 Å². The van der Waals surface area contributed by atoms with Crippen LogP contribution in [0.1, 0.15) is 20.8 Å². The van der Waals surface area contributed by atoms with Crippen molar-refractivity contribution in [1.29, 1.82) is 0 Å². The predicted molar refractivity (Wildman–Crippen MR) is 67.2 cm³/mol. The number of aromatic carboxylic acids is 1. The van der Waals surface area contributed by atoms with Gasteiger partial charge in [-0.25, -0.2) is 4.79 Å². The third kappa shape index (κ3) is 2.91. The molecule has 4 N–H and O–H groups in total. The van der Waals surface area contributed by atoms with E-state index in [2.05, 4.69) is 20.5 Å². The van der Waals surface area contributed by atoms with Gasteiger partial charge in [-0.2, -0.15) is 5.10 Å². The van der Waals surface area contributed by atoms with E-state index in [0.717, 1.165) is 18.3 Å². The van der Waals surface area contributed by atoms with Crippen molar-refractivity contribution in [3.8, 4) is 0 Å². The molecule has 0 saturated heterocycles. The van der Waals surface area contributed by atoms with Crippen molar-refractivity contribution >= 4 is 23.4 Å². The van der Waals surface area contributed by atoms with Crippen LogP contribution in [0.4, 0.5) is 11.5 Å². The Labute approximate surface area is 114 Å². The number of carbonyl (C=O) groups is 2. The van der Waals surface area contributed by atoms with Gasteiger partial charge in [0.2, 0.25) is 0 Å². The van der Waals surface area contributed by atoms with Gasteiger partial charge in [0, 0.05) is 12.1 Å². The molecule has 2 rings (SSSR count). The Morgan fingerprint density at radius 2 is 2.10 bits per heavy atom. The Morgan fingerprint density at radius 3 is 2.67 bits per heavy atom. The third-order valence-electron chi connectivity index (χ3n) is 2.39. The van der Waals surface area contributed by atoms with Gasteiger partial charge in [-0.1, -0.05) is 0 Å². The first kappa shape index (κ1) is 13.9. The van der Waals surface area contributed by atoms with E-state index in [-0.39, 0.29) is 11.5 Å². The lowest BCUT2D eigenvalue weighted by Crippen LogP contribution is -2.23. The molecular weight excluding hydrogens is 286 g/mol. The average molecular weight is 293 g/mol. The van der Waals surface area contributed by atoms with Crippen LogP contribution in [-0.4, -0.2) is 37.1 Å². The minimum atomic E-state index is -1.28. The van der Waals surface area contributed by atoms with Gasteiger partial charge < -0.3 is 15.4 Å². The largest absolute Gasteiger partial charge is 0.477 e. The highest BCUT2D eigenvalue weighted by atomic mass is 16.6. The Morgan fingerprint density at radius 1 is 1.38 bits per heavy atom. The van der Waals surface area contributed by atoms with Crippen molar-refractivity contribution in [2.45, 2.75) is 0 Å². The fourth-order valence-electron chi connectivity index (χ4n) is 1.43. The molecule has 0 spiro atoms. The fourth-order valence-corrected chi connectivity index (χ4v) is 1.43. The summed E-state index contributed by atoms with van der Waals surface area (Å²) in [6.45, 7) is 0. The summed E-state index contributed by atoms with van der Waals surface area (Å²) in [5, 5.41) is 27.1. The number of nitrogens with one attached hydrogen (secondary N) is 3. The van der Waals surface area contributed by atoms with Crippen molar-refractivity contribution in [1.82, 2.24) is 15.2 Å². The molecule has 2 heterocycles. The van der Waals surface area contributed by atoms with Crippen LogP contribution in [-0.2, 0) is 0 Å². The smallest absolute Gasteiger partial charge is 0.353 e. The zero-order chi connectivity index (χ0) is 15.6. The molecular formula is C10H7N5O6. The van der Waals surface area contributed by atoms with E-state index in [1.807, 2.05) is 0 Å². The highest BCUT2D eigenvalue weighted by Crippen LogP contribution is 2.11. The highest BCUT2D eigenvalue weighted by Gasteiger charge is 2.17. The Bertz CT molecular complexity index is 791. The van der Waals surface area contributed by atoms with Crippen LogP contribution in [0.2, 0.25) is 0 Å². The van der Waals surface area contributed by atoms with Crippen LogP contribution >= 0.6 is 0 Å². The number of carboxylic acid groups (broad SMARTS) is 1. The van der Waals surface area contributed by atoms with Crippen molar-refractivity contribution in [2.24, 2.45) is 0 Å². The zero-order valence-corrected chi connectivity index (χ0v) is 10.1. The van der Waals surface area contributed by atoms with Crippen molar-refractivity contribution in [2.75, 3.05) is 5.32 Å². The van der Waals surface area contributed by atoms with Crippen LogP contribution in [0.25, 0.3) is 0 Å². The number of aromatic amines is 2. The summed E-state index contributed by atoms with van der Waals surface area (Å²) in [5.41, 5.74) is -2.05. The summed E-state index contributed by atoms with van der Waals surface area (Å²) in [6.07, 6.45) is 0.857. The molecule has 0 aliphatic heterocycles. The van der Waals surface area contributed by atoms with Crippen molar-refractivity contribution in [3.63, 3.8) is 0 Å². The van der Waals surface area contributed by atoms with E-state index in [4.69, 9.17) is 5.11 Å². The van der Waals surface area contributed by atoms with E-state index in [1.54, 1.807) is 0 Å². The molecule has 108 valence electrons. The number of anilines is 1. The SMILES string of the molecule is O=C(O)c1cc(NC(=O)c2cc([N+](=O)[O-])c[nH]c2=O)n[nH]1. The maximum Gasteiger partial charge on any atom is 0.353 e. The molecule has 0 aliphatic rings. The quantitative estimate of drug-likeness (QED) is 0.452. The van der Waals surface area contributed by atoms with Crippen molar-refractivity contribution in [3.05, 3.63) is 50.1 Å². The molecule has 2 aromatic heterocycles. The van der Waals surface area contributed by atoms with Gasteiger partial charge in [-0.3, -0.25) is 24.8 Å². The lowest BCUT2D eigenvalue weighted by molar-refractivity contribution is -0.385. The van der Waals surface area contributed by atoms with Crippen LogP contribution in [0.5, 0.6) is 0 Å². The molecule has 2 aromatic rings. The van der Waals surface area contributed by atoms with Crippen LogP contribution in [0.15, 0.2) is 23.1 Å². The molecule has 11 nitrogen and oxygen atoms in total. The number of carboxylic acids is 1. The standard InChI is InChI=1S/C10H7N5O6/c16-8-5(1-4(3-11-8)15(20)21)9(17)12-7-2-6(10(18)19)13-14-7/h1-3H,(H,11,16)(H,18,19)(H2,12,13,14,17). The molecule has 0 aromatic carbocycles. The molecule has 0 bridgehead atoms. The summed E-state index contributed by atoms with van der Waals surface area (Å²) in [4.78, 5) is 45.8. The minimum Gasteiger partial charge on any atom is -0.477 e. The van der Waals surface area contributed by atoms with Gasteiger partial charge in [0.15, 0.2) is 5.82 Å². The fraction of sp³-hybridized carbons (Fsp3) is 0. The number of rotatable bonds is 4. The molecule has 0 radical (unpaired) electrons. The maximum absolute atomic E-state index is 11.8. The van der Waals surface area contributed by atoms with Gasteiger partial charge in [0.05, 0.1) is 11.1 Å². The number of aromatic nitrogens is 3. The first-order chi connectivity index (χ1) is 9.88. The second kappa shape index (κ2) is 5.24. The second-order valence-electron chi connectivity index (χ2n) is 3.78. The number of nitro groups is 1. The van der Waals surface area contributed by atoms with Gasteiger partial charge >= 0.3 is 5.97 Å². The number of hydrogen-bond acceptors (Lipinski definition) is 6. The highest BCUT2D eigenvalue weighted by molar-refractivity contribution is 6.04. The number of pyridine rings is 1. The average Bonchev–Trinajstić information content (AvgIpc) is 2.87. The molecule has 0 atom stereocenters. The summed E-state index contributed by atoms with van der Waals surface area (Å²) in [6, 6.07) is 1.84. The topological polar surface area (TPSA) is 171 Å². The molecule has 11 heteroatoms. The van der Waals surface area contributed by atoms with Gasteiger partial charge in [0.25, 0.3) is 17.2 Å². The Balaban J connectivity index is 2.27. The van der Waals surface area contributed by atoms with Gasteiger partial charge in [-0.15, -0.1) is 0 Å². The normalized spacial score (nSPS) is 10.1. The first-order valence-electron chi connectivity index (χ1n) is 5.35. The van der Waals surface area contributed by atoms with E-state index >= 15 is 0 Å². The van der Waals surface area contributed by atoms with E-state index in [9.17, 15) is 24.5 Å². The Kier molecular flexibility index (Phi) is 3.47. The summed E-state index contributed by atoms with van der Waals surface area (Å²) in [7, 11) is 0. The van der Waals surface area contributed by atoms with E-state index in [0.29, 0.717) is 0 Å². The summed E-state index contributed by atoms with van der Waals surface area (Å²) >= 11 is 0. The molecule has 0 unspecified atom stereocenters. The number of nitrogens with zero attached hydrogens (tertiary/aromatic N) is 2. The third-order valence-corrected chi connectivity index (χ3v) is 2.39. The number of carbonyl (C=O) groups excluding carboxylic acids is 1. The lowest BCUT2D eigenvalue weighted by Gasteiger charge is -2.00. The molecule has 0 saturated carbocycles. The molecule has 1 amide bonds. The second-order valence-corrected chi connectivity index (χ2v) is 3.78. The summed E-state index contributed by atoms with van der Waals surface area (Å²) < 4.78 is 0. The molecule has 0 fully saturated rings.